The Morgan fingerprint density at radius 3 is 2.14 bits per heavy atom. The highest BCUT2D eigenvalue weighted by molar-refractivity contribution is 7.98. The number of carbonyl (C=O) groups excluding carboxylic acids is 1. The summed E-state index contributed by atoms with van der Waals surface area (Å²) in [6.45, 7) is 1.54. The third-order valence-corrected chi connectivity index (χ3v) is 3.09. The summed E-state index contributed by atoms with van der Waals surface area (Å²) in [5.74, 6) is -1.06. The van der Waals surface area contributed by atoms with Crippen LogP contribution >= 0.6 is 11.8 Å². The van der Waals surface area contributed by atoms with Crippen LogP contribution in [0.4, 0.5) is 0 Å². The fourth-order valence-electron chi connectivity index (χ4n) is 1.10. The number of rotatable bonds is 7. The zero-order valence-electron chi connectivity index (χ0n) is 13.2. The summed E-state index contributed by atoms with van der Waals surface area (Å²) in [5.41, 5.74) is 0.740. The molecule has 0 aliphatic rings. The van der Waals surface area contributed by atoms with Crippen molar-refractivity contribution in [3.05, 3.63) is 18.0 Å². The third kappa shape index (κ3) is 6.96. The maximum atomic E-state index is 10.0. The molecule has 1 aromatic rings. The molecule has 1 rings (SSSR count). The monoisotopic (exact) mass is 318 g/mol. The first-order valence-electron chi connectivity index (χ1n) is 5.99. The standard InChI is InChI=1S/C8H12N2O2S.C5H10O3/c1-11-7(12-2)6-4-5-9-8(10-6)13-3;1-5(4-6,7-2)8-3/h4-5,7H,1-3H3;4H,1-3H3. The number of aromatic nitrogens is 2. The van der Waals surface area contributed by atoms with Gasteiger partial charge in [0.05, 0.1) is 0 Å². The number of carbonyl (C=O) groups is 1. The van der Waals surface area contributed by atoms with E-state index in [0.717, 1.165) is 10.9 Å². The molecular weight excluding hydrogens is 296 g/mol. The fourth-order valence-corrected chi connectivity index (χ4v) is 1.46. The van der Waals surface area contributed by atoms with Crippen LogP contribution < -0.4 is 0 Å². The Balaban J connectivity index is 0.000000433. The van der Waals surface area contributed by atoms with E-state index in [-0.39, 0.29) is 0 Å². The van der Waals surface area contributed by atoms with Crippen LogP contribution in [0.5, 0.6) is 0 Å². The molecule has 8 heteroatoms. The van der Waals surface area contributed by atoms with Crippen molar-refractivity contribution in [1.82, 2.24) is 9.97 Å². The lowest BCUT2D eigenvalue weighted by Crippen LogP contribution is -2.30. The molecule has 120 valence electrons. The van der Waals surface area contributed by atoms with Crippen molar-refractivity contribution in [2.45, 2.75) is 24.2 Å². The molecule has 7 nitrogen and oxygen atoms in total. The Bertz CT molecular complexity index is 411. The van der Waals surface area contributed by atoms with E-state index < -0.39 is 12.1 Å². The highest BCUT2D eigenvalue weighted by atomic mass is 32.2. The third-order valence-electron chi connectivity index (χ3n) is 2.53. The summed E-state index contributed by atoms with van der Waals surface area (Å²) in [6.07, 6.45) is 3.81. The number of nitrogens with zero attached hydrogens (tertiary/aromatic N) is 2. The summed E-state index contributed by atoms with van der Waals surface area (Å²) < 4.78 is 19.4. The average Bonchev–Trinajstić information content (AvgIpc) is 2.56. The summed E-state index contributed by atoms with van der Waals surface area (Å²) in [5, 5.41) is 0.719. The van der Waals surface area contributed by atoms with Crippen LogP contribution in [0.1, 0.15) is 18.9 Å². The first kappa shape index (κ1) is 19.9. The van der Waals surface area contributed by atoms with Crippen molar-refractivity contribution in [2.24, 2.45) is 0 Å². The Kier molecular flexibility index (Phi) is 10.1. The number of hydrogen-bond acceptors (Lipinski definition) is 8. The zero-order chi connectivity index (χ0) is 16.3. The van der Waals surface area contributed by atoms with Crippen LogP contribution in [-0.2, 0) is 23.7 Å². The molecular formula is C13H22N2O5S. The number of thioether (sulfide) groups is 1. The maximum Gasteiger partial charge on any atom is 0.222 e. The molecule has 0 amide bonds. The molecule has 0 fully saturated rings. The molecule has 0 bridgehead atoms. The molecule has 1 aromatic heterocycles. The Morgan fingerprint density at radius 2 is 1.81 bits per heavy atom. The van der Waals surface area contributed by atoms with Crippen LogP contribution in [0.3, 0.4) is 0 Å². The van der Waals surface area contributed by atoms with Gasteiger partial charge < -0.3 is 18.9 Å². The van der Waals surface area contributed by atoms with E-state index in [1.54, 1.807) is 33.4 Å². The van der Waals surface area contributed by atoms with Crippen molar-refractivity contribution in [1.29, 1.82) is 0 Å². The summed E-state index contributed by atoms with van der Waals surface area (Å²) in [6, 6.07) is 1.78. The predicted octanol–water partition coefficient (Wildman–Crippen LogP) is 1.68. The van der Waals surface area contributed by atoms with Crippen LogP contribution in [0.2, 0.25) is 0 Å². The minimum absolute atomic E-state index is 0.408. The smallest absolute Gasteiger partial charge is 0.222 e. The van der Waals surface area contributed by atoms with Gasteiger partial charge in [-0.1, -0.05) is 11.8 Å². The quantitative estimate of drug-likeness (QED) is 0.325. The molecule has 0 atom stereocenters. The van der Waals surface area contributed by atoms with Gasteiger partial charge in [-0.2, -0.15) is 0 Å². The second kappa shape index (κ2) is 10.6. The second-order valence-corrected chi connectivity index (χ2v) is 4.59. The first-order chi connectivity index (χ1) is 9.99. The zero-order valence-corrected chi connectivity index (χ0v) is 14.0. The van der Waals surface area contributed by atoms with E-state index in [9.17, 15) is 4.79 Å². The Hall–Kier alpha value is -1.06. The van der Waals surface area contributed by atoms with Gasteiger partial charge in [0.25, 0.3) is 0 Å². The molecule has 1 heterocycles. The summed E-state index contributed by atoms with van der Waals surface area (Å²) in [4.78, 5) is 18.3. The average molecular weight is 318 g/mol. The van der Waals surface area contributed by atoms with Gasteiger partial charge in [0.1, 0.15) is 5.69 Å². The van der Waals surface area contributed by atoms with Crippen LogP contribution in [0.15, 0.2) is 17.4 Å². The van der Waals surface area contributed by atoms with Gasteiger partial charge in [-0.25, -0.2) is 9.97 Å². The lowest BCUT2D eigenvalue weighted by atomic mass is 10.4. The molecule has 0 N–H and O–H groups in total. The van der Waals surface area contributed by atoms with Gasteiger partial charge in [0.2, 0.25) is 12.1 Å². The van der Waals surface area contributed by atoms with Gasteiger partial charge in [-0.05, 0) is 19.2 Å². The number of aldehydes is 1. The number of ether oxygens (including phenoxy) is 4. The molecule has 0 aliphatic carbocycles. The van der Waals surface area contributed by atoms with Crippen molar-refractivity contribution in [3.63, 3.8) is 0 Å². The second-order valence-electron chi connectivity index (χ2n) is 3.81. The van der Waals surface area contributed by atoms with E-state index in [4.69, 9.17) is 9.47 Å². The molecule has 0 saturated heterocycles. The van der Waals surface area contributed by atoms with Crippen molar-refractivity contribution >= 4 is 18.0 Å². The van der Waals surface area contributed by atoms with Gasteiger partial charge >= 0.3 is 0 Å². The highest BCUT2D eigenvalue weighted by Crippen LogP contribution is 2.16. The van der Waals surface area contributed by atoms with Gasteiger partial charge in [0, 0.05) is 34.6 Å². The highest BCUT2D eigenvalue weighted by Gasteiger charge is 2.20. The minimum atomic E-state index is -1.06. The largest absolute Gasteiger partial charge is 0.350 e. The molecule has 0 unspecified atom stereocenters. The van der Waals surface area contributed by atoms with Crippen molar-refractivity contribution in [3.8, 4) is 0 Å². The number of methoxy groups -OCH3 is 4. The summed E-state index contributed by atoms with van der Waals surface area (Å²) in [7, 11) is 5.99. The lowest BCUT2D eigenvalue weighted by Gasteiger charge is -2.17. The number of hydrogen-bond donors (Lipinski definition) is 0. The van der Waals surface area contributed by atoms with Crippen molar-refractivity contribution in [2.75, 3.05) is 34.7 Å². The van der Waals surface area contributed by atoms with Crippen LogP contribution in [0.25, 0.3) is 0 Å². The van der Waals surface area contributed by atoms with E-state index in [1.807, 2.05) is 6.26 Å². The van der Waals surface area contributed by atoms with Crippen LogP contribution in [0, 0.1) is 0 Å². The van der Waals surface area contributed by atoms with Crippen LogP contribution in [-0.4, -0.2) is 56.7 Å². The molecule has 0 saturated carbocycles. The minimum Gasteiger partial charge on any atom is -0.350 e. The van der Waals surface area contributed by atoms with E-state index in [0.29, 0.717) is 6.29 Å². The molecule has 0 spiro atoms. The van der Waals surface area contributed by atoms with E-state index in [1.165, 1.54) is 26.0 Å². The predicted molar refractivity (Wildman–Crippen MR) is 79.1 cm³/mol. The Labute approximate surface area is 129 Å². The van der Waals surface area contributed by atoms with Crippen molar-refractivity contribution < 1.29 is 23.7 Å². The molecule has 0 aromatic carbocycles. The lowest BCUT2D eigenvalue weighted by molar-refractivity contribution is -0.186. The Morgan fingerprint density at radius 1 is 1.24 bits per heavy atom. The summed E-state index contributed by atoms with van der Waals surface area (Å²) >= 11 is 1.49. The molecule has 21 heavy (non-hydrogen) atoms. The normalized spacial score (nSPS) is 11.0. The SMILES string of the molecule is COC(C)(C=O)OC.COC(OC)c1ccnc(SC)n1. The van der Waals surface area contributed by atoms with E-state index >= 15 is 0 Å². The first-order valence-corrected chi connectivity index (χ1v) is 7.21. The van der Waals surface area contributed by atoms with Gasteiger partial charge in [-0.3, -0.25) is 4.79 Å². The van der Waals surface area contributed by atoms with Gasteiger partial charge in [0.15, 0.2) is 11.4 Å². The fraction of sp³-hybridized carbons (Fsp3) is 0.615. The molecule has 0 aliphatic heterocycles. The van der Waals surface area contributed by atoms with Gasteiger partial charge in [-0.15, -0.1) is 0 Å². The molecule has 0 radical (unpaired) electrons. The maximum absolute atomic E-state index is 10.0. The topological polar surface area (TPSA) is 79.8 Å². The van der Waals surface area contributed by atoms with E-state index in [2.05, 4.69) is 19.4 Å².